The van der Waals surface area contributed by atoms with E-state index in [0.717, 1.165) is 32.0 Å². The molecule has 0 N–H and O–H groups in total. The lowest BCUT2D eigenvalue weighted by Gasteiger charge is -2.04. The van der Waals surface area contributed by atoms with Crippen LogP contribution < -0.4 is 0 Å². The molecule has 19 heavy (non-hydrogen) atoms. The third-order valence-corrected chi connectivity index (χ3v) is 3.54. The van der Waals surface area contributed by atoms with Crippen LogP contribution in [0.2, 0.25) is 0 Å². The number of carbonyl (C=O) groups is 1. The van der Waals surface area contributed by atoms with Crippen LogP contribution in [0.5, 0.6) is 0 Å². The molecule has 1 unspecified atom stereocenters. The summed E-state index contributed by atoms with van der Waals surface area (Å²) in [6, 6.07) is 0. The molecule has 0 bridgehead atoms. The normalized spacial score (nSPS) is 14.5. The zero-order valence-corrected chi connectivity index (χ0v) is 13.4. The maximum atomic E-state index is 10.5. The lowest BCUT2D eigenvalue weighted by Crippen LogP contribution is -1.95. The standard InChI is InChI=1S/C18H32O/c1-5-6-7-10-16(2)11-8-12-17(3)13-9-14-18(4)15-19/h10,12,15,18H,5-9,11,13-14H2,1-4H3/b16-10+,17-12+. The van der Waals surface area contributed by atoms with E-state index in [0.29, 0.717) is 0 Å². The van der Waals surface area contributed by atoms with Crippen molar-refractivity contribution >= 4 is 6.29 Å². The van der Waals surface area contributed by atoms with E-state index < -0.39 is 0 Å². The van der Waals surface area contributed by atoms with E-state index in [1.54, 1.807) is 0 Å². The van der Waals surface area contributed by atoms with Crippen LogP contribution in [-0.2, 0) is 4.79 Å². The summed E-state index contributed by atoms with van der Waals surface area (Å²) in [5.74, 6) is 0.219. The summed E-state index contributed by atoms with van der Waals surface area (Å²) in [6.07, 6.45) is 15.3. The molecule has 1 heteroatoms. The molecular weight excluding hydrogens is 232 g/mol. The molecule has 0 spiro atoms. The van der Waals surface area contributed by atoms with Crippen molar-refractivity contribution in [2.75, 3.05) is 0 Å². The topological polar surface area (TPSA) is 17.1 Å². The Morgan fingerprint density at radius 1 is 1.00 bits per heavy atom. The minimum Gasteiger partial charge on any atom is -0.303 e. The fraction of sp³-hybridized carbons (Fsp3) is 0.722. The zero-order chi connectivity index (χ0) is 14.5. The molecule has 0 saturated heterocycles. The van der Waals surface area contributed by atoms with Gasteiger partial charge in [-0.05, 0) is 52.4 Å². The molecule has 0 aromatic rings. The van der Waals surface area contributed by atoms with Crippen LogP contribution in [0.25, 0.3) is 0 Å². The summed E-state index contributed by atoms with van der Waals surface area (Å²) in [4.78, 5) is 10.5. The Morgan fingerprint density at radius 2 is 1.63 bits per heavy atom. The minimum absolute atomic E-state index is 0.219. The molecular formula is C18H32O. The average Bonchev–Trinajstić information content (AvgIpc) is 2.38. The van der Waals surface area contributed by atoms with E-state index in [2.05, 4.69) is 32.9 Å². The van der Waals surface area contributed by atoms with E-state index in [1.807, 2.05) is 6.92 Å². The number of carbonyl (C=O) groups excluding carboxylic acids is 1. The van der Waals surface area contributed by atoms with Crippen molar-refractivity contribution in [2.24, 2.45) is 5.92 Å². The van der Waals surface area contributed by atoms with E-state index in [9.17, 15) is 4.79 Å². The highest BCUT2D eigenvalue weighted by atomic mass is 16.1. The molecule has 1 atom stereocenters. The van der Waals surface area contributed by atoms with Crippen LogP contribution in [0.1, 0.15) is 79.1 Å². The molecule has 0 aromatic heterocycles. The molecule has 110 valence electrons. The minimum atomic E-state index is 0.219. The Morgan fingerprint density at radius 3 is 2.26 bits per heavy atom. The Kier molecular flexibility index (Phi) is 11.7. The Hall–Kier alpha value is -0.850. The number of unbranched alkanes of at least 4 members (excludes halogenated alkanes) is 2. The van der Waals surface area contributed by atoms with Crippen molar-refractivity contribution in [3.63, 3.8) is 0 Å². The largest absolute Gasteiger partial charge is 0.303 e. The number of rotatable bonds is 11. The summed E-state index contributed by atoms with van der Waals surface area (Å²) in [5, 5.41) is 0. The third kappa shape index (κ3) is 11.9. The van der Waals surface area contributed by atoms with Gasteiger partial charge < -0.3 is 4.79 Å². The van der Waals surface area contributed by atoms with E-state index >= 15 is 0 Å². The van der Waals surface area contributed by atoms with Crippen molar-refractivity contribution in [1.82, 2.24) is 0 Å². The molecule has 0 aliphatic heterocycles. The van der Waals surface area contributed by atoms with Gasteiger partial charge in [0, 0.05) is 5.92 Å². The predicted octanol–water partition coefficient (Wildman–Crippen LogP) is 5.85. The van der Waals surface area contributed by atoms with Crippen LogP contribution in [0.15, 0.2) is 23.3 Å². The van der Waals surface area contributed by atoms with Crippen LogP contribution >= 0.6 is 0 Å². The van der Waals surface area contributed by atoms with E-state index in [-0.39, 0.29) is 5.92 Å². The molecule has 0 saturated carbocycles. The Bertz CT molecular complexity index is 286. The average molecular weight is 264 g/mol. The maximum Gasteiger partial charge on any atom is 0.122 e. The lowest BCUT2D eigenvalue weighted by molar-refractivity contribution is -0.110. The molecule has 0 aromatic carbocycles. The smallest absolute Gasteiger partial charge is 0.122 e. The number of allylic oxidation sites excluding steroid dienone is 4. The van der Waals surface area contributed by atoms with E-state index in [4.69, 9.17) is 0 Å². The van der Waals surface area contributed by atoms with Crippen molar-refractivity contribution < 1.29 is 4.79 Å². The van der Waals surface area contributed by atoms with Gasteiger partial charge in [0.2, 0.25) is 0 Å². The second kappa shape index (κ2) is 12.2. The van der Waals surface area contributed by atoms with Gasteiger partial charge in [0.15, 0.2) is 0 Å². The quantitative estimate of drug-likeness (QED) is 0.260. The summed E-state index contributed by atoms with van der Waals surface area (Å²) in [6.45, 7) is 8.68. The van der Waals surface area contributed by atoms with Gasteiger partial charge in [-0.2, -0.15) is 0 Å². The van der Waals surface area contributed by atoms with Gasteiger partial charge in [0.1, 0.15) is 6.29 Å². The number of aldehydes is 1. The summed E-state index contributed by atoms with van der Waals surface area (Å²) >= 11 is 0. The maximum absolute atomic E-state index is 10.5. The molecule has 0 rings (SSSR count). The van der Waals surface area contributed by atoms with Crippen molar-refractivity contribution in [1.29, 1.82) is 0 Å². The molecule has 0 fully saturated rings. The number of hydrogen-bond acceptors (Lipinski definition) is 1. The zero-order valence-electron chi connectivity index (χ0n) is 13.4. The van der Waals surface area contributed by atoms with Crippen LogP contribution in [0, 0.1) is 5.92 Å². The third-order valence-electron chi connectivity index (χ3n) is 3.54. The van der Waals surface area contributed by atoms with Crippen molar-refractivity contribution in [3.8, 4) is 0 Å². The molecule has 0 aliphatic carbocycles. The molecule has 1 nitrogen and oxygen atoms in total. The number of hydrogen-bond donors (Lipinski definition) is 0. The second-order valence-electron chi connectivity index (χ2n) is 5.79. The fourth-order valence-electron chi connectivity index (χ4n) is 2.07. The highest BCUT2D eigenvalue weighted by Gasteiger charge is 1.99. The van der Waals surface area contributed by atoms with Gasteiger partial charge in [-0.1, -0.05) is 50.0 Å². The van der Waals surface area contributed by atoms with Crippen molar-refractivity contribution in [2.45, 2.75) is 79.1 Å². The summed E-state index contributed by atoms with van der Waals surface area (Å²) in [5.41, 5.74) is 2.99. The van der Waals surface area contributed by atoms with Gasteiger partial charge in [-0.15, -0.1) is 0 Å². The summed E-state index contributed by atoms with van der Waals surface area (Å²) < 4.78 is 0. The summed E-state index contributed by atoms with van der Waals surface area (Å²) in [7, 11) is 0. The second-order valence-corrected chi connectivity index (χ2v) is 5.79. The first-order valence-corrected chi connectivity index (χ1v) is 7.86. The van der Waals surface area contributed by atoms with Gasteiger partial charge in [-0.25, -0.2) is 0 Å². The highest BCUT2D eigenvalue weighted by Crippen LogP contribution is 2.14. The Balaban J connectivity index is 3.74. The highest BCUT2D eigenvalue weighted by molar-refractivity contribution is 5.52. The molecule has 0 radical (unpaired) electrons. The van der Waals surface area contributed by atoms with Gasteiger partial charge in [0.05, 0.1) is 0 Å². The van der Waals surface area contributed by atoms with Crippen molar-refractivity contribution in [3.05, 3.63) is 23.3 Å². The monoisotopic (exact) mass is 264 g/mol. The molecule has 0 amide bonds. The fourth-order valence-corrected chi connectivity index (χ4v) is 2.07. The first-order chi connectivity index (χ1) is 9.10. The first-order valence-electron chi connectivity index (χ1n) is 7.86. The van der Waals surface area contributed by atoms with Crippen LogP contribution in [0.4, 0.5) is 0 Å². The molecule has 0 heterocycles. The van der Waals surface area contributed by atoms with E-state index in [1.165, 1.54) is 36.8 Å². The first kappa shape index (κ1) is 18.1. The van der Waals surface area contributed by atoms with Gasteiger partial charge >= 0.3 is 0 Å². The predicted molar refractivity (Wildman–Crippen MR) is 85.4 cm³/mol. The SMILES string of the molecule is CCCC/C=C(\C)CC/C=C(\C)CCCC(C)C=O. The van der Waals surface area contributed by atoms with Gasteiger partial charge in [0.25, 0.3) is 0 Å². The van der Waals surface area contributed by atoms with Gasteiger partial charge in [-0.3, -0.25) is 0 Å². The Labute approximate surface area is 120 Å². The molecule has 0 aliphatic rings. The lowest BCUT2D eigenvalue weighted by atomic mass is 10.0. The van der Waals surface area contributed by atoms with Crippen LogP contribution in [0.3, 0.4) is 0 Å². The van der Waals surface area contributed by atoms with Crippen LogP contribution in [-0.4, -0.2) is 6.29 Å².